The fourth-order valence-electron chi connectivity index (χ4n) is 0.279. The Hall–Kier alpha value is 0.0200. The van der Waals surface area contributed by atoms with Gasteiger partial charge in [-0.1, -0.05) is 0 Å². The molecule has 2 heteroatoms. The molecule has 1 unspecified atom stereocenters. The SMILES string of the molecule is CC1C=N[C]S1. The number of thioether (sulfide) groups is 1. The molecule has 2 radical (unpaired) electrons. The molecule has 0 bridgehead atoms. The van der Waals surface area contributed by atoms with E-state index < -0.39 is 0 Å². The van der Waals surface area contributed by atoms with E-state index in [0.717, 1.165) is 0 Å². The van der Waals surface area contributed by atoms with Crippen LogP contribution in [0.15, 0.2) is 4.99 Å². The zero-order valence-electron chi connectivity index (χ0n) is 3.51. The van der Waals surface area contributed by atoms with Gasteiger partial charge in [-0.25, -0.2) is 0 Å². The molecule has 1 rings (SSSR count). The lowest BCUT2D eigenvalue weighted by molar-refractivity contribution is 1.37. The van der Waals surface area contributed by atoms with Crippen LogP contribution in [0, 0.1) is 5.88 Å². The maximum absolute atomic E-state index is 3.75. The fourth-order valence-corrected chi connectivity index (χ4v) is 0.689. The number of rotatable bonds is 0. The molecule has 1 nitrogen and oxygen atoms in total. The summed E-state index contributed by atoms with van der Waals surface area (Å²) in [6, 6.07) is 0. The van der Waals surface area contributed by atoms with Crippen LogP contribution in [0.2, 0.25) is 0 Å². The van der Waals surface area contributed by atoms with Gasteiger partial charge in [0.05, 0.1) is 0 Å². The number of hydrogen-bond acceptors (Lipinski definition) is 2. The van der Waals surface area contributed by atoms with Gasteiger partial charge < -0.3 is 0 Å². The summed E-state index contributed by atoms with van der Waals surface area (Å²) in [6.45, 7) is 2.09. The van der Waals surface area contributed by atoms with Crippen molar-refractivity contribution in [2.24, 2.45) is 4.99 Å². The quantitative estimate of drug-likeness (QED) is 0.444. The molecular formula is C4H5NS. The van der Waals surface area contributed by atoms with Crippen molar-refractivity contribution in [1.82, 2.24) is 0 Å². The molecule has 0 amide bonds. The van der Waals surface area contributed by atoms with Crippen molar-refractivity contribution < 1.29 is 0 Å². The highest BCUT2D eigenvalue weighted by Crippen LogP contribution is 2.17. The molecule has 32 valence electrons. The average molecular weight is 99.2 g/mol. The van der Waals surface area contributed by atoms with Crippen molar-refractivity contribution in [3.63, 3.8) is 0 Å². The normalized spacial score (nSPS) is 31.8. The molecule has 6 heavy (non-hydrogen) atoms. The Bertz CT molecular complexity index is 69.9. The van der Waals surface area contributed by atoms with E-state index in [1.807, 2.05) is 6.21 Å². The molecule has 0 N–H and O–H groups in total. The molecule has 0 aromatic heterocycles. The van der Waals surface area contributed by atoms with E-state index in [4.69, 9.17) is 0 Å². The summed E-state index contributed by atoms with van der Waals surface area (Å²) in [6.07, 6.45) is 1.88. The first kappa shape index (κ1) is 4.19. The third-order valence-corrected chi connectivity index (χ3v) is 1.28. The molecule has 0 saturated heterocycles. The van der Waals surface area contributed by atoms with E-state index >= 15 is 0 Å². The van der Waals surface area contributed by atoms with Gasteiger partial charge in [0, 0.05) is 11.5 Å². The average Bonchev–Trinajstić information content (AvgIpc) is 1.86. The number of nitrogens with zero attached hydrogens (tertiary/aromatic N) is 1. The predicted molar refractivity (Wildman–Crippen MR) is 28.8 cm³/mol. The summed E-state index contributed by atoms with van der Waals surface area (Å²) in [7, 11) is 0. The first-order valence-corrected chi connectivity index (χ1v) is 2.71. The van der Waals surface area contributed by atoms with Crippen LogP contribution in [0.4, 0.5) is 0 Å². The highest BCUT2D eigenvalue weighted by molar-refractivity contribution is 8.02. The van der Waals surface area contributed by atoms with Crippen LogP contribution in [-0.4, -0.2) is 11.5 Å². The van der Waals surface area contributed by atoms with E-state index in [9.17, 15) is 0 Å². The molecule has 1 atom stereocenters. The summed E-state index contributed by atoms with van der Waals surface area (Å²) in [4.78, 5) is 3.75. The van der Waals surface area contributed by atoms with Crippen LogP contribution in [0.1, 0.15) is 6.92 Å². The fraction of sp³-hybridized carbons (Fsp3) is 0.500. The van der Waals surface area contributed by atoms with E-state index in [2.05, 4.69) is 17.8 Å². The Morgan fingerprint density at radius 2 is 2.83 bits per heavy atom. The predicted octanol–water partition coefficient (Wildman–Crippen LogP) is 1.19. The van der Waals surface area contributed by atoms with Crippen molar-refractivity contribution in [3.05, 3.63) is 5.88 Å². The van der Waals surface area contributed by atoms with Crippen molar-refractivity contribution in [2.45, 2.75) is 12.2 Å². The van der Waals surface area contributed by atoms with Gasteiger partial charge in [-0.2, -0.15) is 0 Å². The van der Waals surface area contributed by atoms with Gasteiger partial charge in [-0.05, 0) is 6.92 Å². The van der Waals surface area contributed by atoms with E-state index in [1.54, 1.807) is 11.8 Å². The molecule has 0 aromatic rings. The van der Waals surface area contributed by atoms with Gasteiger partial charge in [0.15, 0.2) is 5.88 Å². The zero-order valence-corrected chi connectivity index (χ0v) is 4.33. The molecule has 0 saturated carbocycles. The Morgan fingerprint density at radius 1 is 2.00 bits per heavy atom. The van der Waals surface area contributed by atoms with Crippen molar-refractivity contribution >= 4 is 18.0 Å². The van der Waals surface area contributed by atoms with Crippen molar-refractivity contribution in [3.8, 4) is 0 Å². The van der Waals surface area contributed by atoms with Gasteiger partial charge in [0.25, 0.3) is 0 Å². The minimum absolute atomic E-state index is 0.560. The molecular weight excluding hydrogens is 94.1 g/mol. The maximum atomic E-state index is 3.75. The van der Waals surface area contributed by atoms with Gasteiger partial charge in [0.2, 0.25) is 0 Å². The standard InChI is InChI=1S/C4H5NS/c1-4-2-5-3-6-4/h2,4H,1H3. The van der Waals surface area contributed by atoms with Gasteiger partial charge in [-0.15, -0.1) is 11.8 Å². The minimum Gasteiger partial charge on any atom is -0.271 e. The summed E-state index contributed by atoms with van der Waals surface area (Å²) >= 11 is 1.62. The summed E-state index contributed by atoms with van der Waals surface area (Å²) in [5.41, 5.74) is 0. The monoisotopic (exact) mass is 99.0 g/mol. The van der Waals surface area contributed by atoms with Crippen LogP contribution in [-0.2, 0) is 0 Å². The van der Waals surface area contributed by atoms with Crippen molar-refractivity contribution in [2.75, 3.05) is 0 Å². The van der Waals surface area contributed by atoms with Crippen LogP contribution < -0.4 is 0 Å². The Kier molecular flexibility index (Phi) is 1.15. The van der Waals surface area contributed by atoms with Gasteiger partial charge >= 0.3 is 0 Å². The van der Waals surface area contributed by atoms with E-state index in [0.29, 0.717) is 5.25 Å². The lowest BCUT2D eigenvalue weighted by Gasteiger charge is -1.85. The lowest BCUT2D eigenvalue weighted by Crippen LogP contribution is -1.86. The first-order chi connectivity index (χ1) is 2.89. The van der Waals surface area contributed by atoms with Crippen LogP contribution >= 0.6 is 11.8 Å². The topological polar surface area (TPSA) is 12.4 Å². The molecule has 0 fully saturated rings. The largest absolute Gasteiger partial charge is 0.271 e. The second-order valence-electron chi connectivity index (χ2n) is 1.19. The summed E-state index contributed by atoms with van der Waals surface area (Å²) < 4.78 is 0. The van der Waals surface area contributed by atoms with Crippen molar-refractivity contribution in [1.29, 1.82) is 0 Å². The second kappa shape index (κ2) is 1.65. The molecule has 1 heterocycles. The minimum atomic E-state index is 0.560. The van der Waals surface area contributed by atoms with Crippen LogP contribution in [0.5, 0.6) is 0 Å². The van der Waals surface area contributed by atoms with E-state index in [1.165, 1.54) is 0 Å². The van der Waals surface area contributed by atoms with Crippen LogP contribution in [0.3, 0.4) is 0 Å². The highest BCUT2D eigenvalue weighted by Gasteiger charge is 2.02. The number of aliphatic imine (C=N–C) groups is 1. The molecule has 0 spiro atoms. The molecule has 1 aliphatic heterocycles. The Balaban J connectivity index is 2.38. The zero-order chi connectivity index (χ0) is 4.41. The first-order valence-electron chi connectivity index (χ1n) is 1.83. The third kappa shape index (κ3) is 0.744. The number of hydrogen-bond donors (Lipinski definition) is 0. The third-order valence-electron chi connectivity index (χ3n) is 0.576. The molecule has 0 aromatic carbocycles. The summed E-state index contributed by atoms with van der Waals surface area (Å²) in [5.74, 6) is 2.76. The molecule has 0 aliphatic carbocycles. The Morgan fingerprint density at radius 3 is 3.00 bits per heavy atom. The second-order valence-corrected chi connectivity index (χ2v) is 2.35. The van der Waals surface area contributed by atoms with Gasteiger partial charge in [0.1, 0.15) is 0 Å². The smallest absolute Gasteiger partial charge is 0.182 e. The maximum Gasteiger partial charge on any atom is 0.182 e. The highest BCUT2D eigenvalue weighted by atomic mass is 32.2. The molecule has 1 aliphatic rings. The van der Waals surface area contributed by atoms with Crippen LogP contribution in [0.25, 0.3) is 0 Å². The van der Waals surface area contributed by atoms with Gasteiger partial charge in [-0.3, -0.25) is 4.99 Å². The van der Waals surface area contributed by atoms with E-state index in [-0.39, 0.29) is 0 Å². The lowest BCUT2D eigenvalue weighted by atomic mass is 10.5. The Labute approximate surface area is 41.8 Å². The summed E-state index contributed by atoms with van der Waals surface area (Å²) in [5, 5.41) is 0.560.